The minimum absolute atomic E-state index is 0. The molecular formula is C12H8Br4ClO-5. The summed E-state index contributed by atoms with van der Waals surface area (Å²) in [5, 5.41) is 2.39. The lowest BCUT2D eigenvalue weighted by Crippen LogP contribution is -3.00. The average Bonchev–Trinajstić information content (AvgIpc) is 2.56. The molecule has 0 amide bonds. The van der Waals surface area contributed by atoms with Crippen molar-refractivity contribution in [1.29, 1.82) is 0 Å². The van der Waals surface area contributed by atoms with Crippen LogP contribution in [0.1, 0.15) is 0 Å². The molecule has 3 rings (SSSR count). The molecule has 1 nitrogen and oxygen atoms in total. The smallest absolute Gasteiger partial charge is 0.135 e. The van der Waals surface area contributed by atoms with E-state index in [1.54, 1.807) is 0 Å². The second kappa shape index (κ2) is 10.3. The fourth-order valence-electron chi connectivity index (χ4n) is 1.67. The van der Waals surface area contributed by atoms with Crippen molar-refractivity contribution in [3.8, 4) is 0 Å². The quantitative estimate of drug-likeness (QED) is 0.286. The van der Waals surface area contributed by atoms with Crippen molar-refractivity contribution in [1.82, 2.24) is 0 Å². The van der Waals surface area contributed by atoms with Crippen LogP contribution < -0.4 is 80.3 Å². The largest absolute Gasteiger partial charge is 1.00 e. The number of hydrogen-bond acceptors (Lipinski definition) is 1. The van der Waals surface area contributed by atoms with Gasteiger partial charge in [0.1, 0.15) is 11.2 Å². The molecule has 0 bridgehead atoms. The number of fused-ring (bicyclic) bond motifs is 3. The van der Waals surface area contributed by atoms with Crippen LogP contribution in [0, 0.1) is 0 Å². The van der Waals surface area contributed by atoms with Gasteiger partial charge in [-0.1, -0.05) is 36.4 Å². The van der Waals surface area contributed by atoms with Crippen molar-refractivity contribution in [2.45, 2.75) is 0 Å². The Hall–Kier alpha value is 0.450. The maximum atomic E-state index is 5.65. The van der Waals surface area contributed by atoms with Gasteiger partial charge in [-0.15, -0.1) is 0 Å². The molecule has 0 N–H and O–H groups in total. The van der Waals surface area contributed by atoms with E-state index in [1.807, 2.05) is 36.4 Å². The Morgan fingerprint density at radius 3 is 1.28 bits per heavy atom. The zero-order valence-electron chi connectivity index (χ0n) is 8.92. The number of rotatable bonds is 0. The van der Waals surface area contributed by atoms with Crippen LogP contribution in [-0.2, 0) is 0 Å². The van der Waals surface area contributed by atoms with Gasteiger partial charge in [0.25, 0.3) is 0 Å². The Morgan fingerprint density at radius 1 is 0.556 bits per heavy atom. The van der Waals surface area contributed by atoms with E-state index in [4.69, 9.17) is 4.42 Å². The molecule has 6 heteroatoms. The van der Waals surface area contributed by atoms with Gasteiger partial charge in [-0.05, 0) is 12.1 Å². The summed E-state index contributed by atoms with van der Waals surface area (Å²) >= 11 is 0. The summed E-state index contributed by atoms with van der Waals surface area (Å²) in [6.07, 6.45) is 0. The molecule has 3 aromatic rings. The molecule has 0 fully saturated rings. The third-order valence-corrected chi connectivity index (χ3v) is 2.28. The first kappa shape index (κ1) is 23.5. The number of para-hydroxylation sites is 2. The zero-order chi connectivity index (χ0) is 8.67. The summed E-state index contributed by atoms with van der Waals surface area (Å²) in [7, 11) is 0. The van der Waals surface area contributed by atoms with E-state index in [0.717, 1.165) is 11.2 Å². The second-order valence-corrected chi connectivity index (χ2v) is 3.09. The molecular weight excluding hydrogens is 515 g/mol. The van der Waals surface area contributed by atoms with E-state index >= 15 is 0 Å². The molecule has 0 aliphatic heterocycles. The molecule has 0 spiro atoms. The Kier molecular flexibility index (Phi) is 13.4. The fourth-order valence-corrected chi connectivity index (χ4v) is 1.67. The van der Waals surface area contributed by atoms with Crippen LogP contribution in [0.5, 0.6) is 0 Å². The van der Waals surface area contributed by atoms with Crippen LogP contribution >= 0.6 is 0 Å². The number of hydrogen-bond donors (Lipinski definition) is 0. The van der Waals surface area contributed by atoms with Crippen LogP contribution in [0.15, 0.2) is 52.9 Å². The van der Waals surface area contributed by atoms with Crippen LogP contribution in [-0.4, -0.2) is 0 Å². The fraction of sp³-hybridized carbons (Fsp3) is 0. The zero-order valence-corrected chi connectivity index (χ0v) is 16.0. The summed E-state index contributed by atoms with van der Waals surface area (Å²) in [6, 6.07) is 16.2. The summed E-state index contributed by atoms with van der Waals surface area (Å²) in [6.45, 7) is 0. The first-order valence-electron chi connectivity index (χ1n) is 4.31. The first-order chi connectivity index (χ1) is 6.45. The van der Waals surface area contributed by atoms with Gasteiger partial charge in [-0.2, -0.15) is 0 Å². The SMILES string of the molecule is [Br-].[Br-].[Br-].[Br-].[Cl-].c1ccc2c(c1)oc1ccccc12. The van der Waals surface area contributed by atoms with Crippen molar-refractivity contribution in [3.63, 3.8) is 0 Å². The second-order valence-electron chi connectivity index (χ2n) is 3.09. The van der Waals surface area contributed by atoms with E-state index in [-0.39, 0.29) is 80.3 Å². The lowest BCUT2D eigenvalue weighted by molar-refractivity contribution is -0.00100. The highest BCUT2D eigenvalue weighted by atomic mass is 79.9. The topological polar surface area (TPSA) is 13.1 Å². The van der Waals surface area contributed by atoms with Gasteiger partial charge in [-0.3, -0.25) is 0 Å². The van der Waals surface area contributed by atoms with Gasteiger partial charge in [-0.25, -0.2) is 0 Å². The monoisotopic (exact) mass is 519 g/mol. The van der Waals surface area contributed by atoms with Crippen LogP contribution in [0.4, 0.5) is 0 Å². The minimum Gasteiger partial charge on any atom is -1.00 e. The average molecular weight is 523 g/mol. The third kappa shape index (κ3) is 4.23. The number of benzene rings is 2. The van der Waals surface area contributed by atoms with Gasteiger partial charge >= 0.3 is 0 Å². The molecule has 1 aromatic heterocycles. The van der Waals surface area contributed by atoms with Crippen LogP contribution in [0.25, 0.3) is 21.9 Å². The van der Waals surface area contributed by atoms with E-state index < -0.39 is 0 Å². The van der Waals surface area contributed by atoms with Crippen molar-refractivity contribution < 1.29 is 84.7 Å². The molecule has 0 saturated carbocycles. The maximum absolute atomic E-state index is 5.65. The Morgan fingerprint density at radius 2 is 0.889 bits per heavy atom. The summed E-state index contributed by atoms with van der Waals surface area (Å²) in [5.41, 5.74) is 1.92. The van der Waals surface area contributed by atoms with Gasteiger partial charge in [0.15, 0.2) is 0 Å². The standard InChI is InChI=1S/C12H8O.4BrH.ClH/c1-3-7-11-9(5-1)10-6-2-4-8-12(10)13-11;;;;;/h1-8H;5*1H/p-5. The van der Waals surface area contributed by atoms with Gasteiger partial charge in [0.05, 0.1) is 0 Å². The van der Waals surface area contributed by atoms with Crippen LogP contribution in [0.2, 0.25) is 0 Å². The highest BCUT2D eigenvalue weighted by Crippen LogP contribution is 2.27. The maximum Gasteiger partial charge on any atom is 0.135 e. The van der Waals surface area contributed by atoms with Crippen molar-refractivity contribution in [2.75, 3.05) is 0 Å². The third-order valence-electron chi connectivity index (χ3n) is 2.28. The summed E-state index contributed by atoms with van der Waals surface area (Å²) in [5.74, 6) is 0. The van der Waals surface area contributed by atoms with Crippen molar-refractivity contribution in [3.05, 3.63) is 48.5 Å². The molecule has 1 heterocycles. The van der Waals surface area contributed by atoms with Gasteiger partial charge in [0, 0.05) is 10.8 Å². The van der Waals surface area contributed by atoms with E-state index in [2.05, 4.69) is 12.1 Å². The Bertz CT molecular complexity index is 532. The van der Waals surface area contributed by atoms with Crippen molar-refractivity contribution in [2.24, 2.45) is 0 Å². The van der Waals surface area contributed by atoms with Gasteiger partial charge in [0.2, 0.25) is 0 Å². The molecule has 0 aliphatic carbocycles. The Balaban J connectivity index is -0.000000450. The predicted octanol–water partition coefficient (Wildman–Crippen LogP) is -11.4. The Labute approximate surface area is 154 Å². The minimum atomic E-state index is 0. The van der Waals surface area contributed by atoms with Crippen LogP contribution in [0.3, 0.4) is 0 Å². The highest BCUT2D eigenvalue weighted by molar-refractivity contribution is 6.04. The normalized spacial score (nSPS) is 8.00. The van der Waals surface area contributed by atoms with E-state index in [9.17, 15) is 0 Å². The molecule has 0 atom stereocenters. The molecule has 18 heavy (non-hydrogen) atoms. The molecule has 0 radical (unpaired) electrons. The van der Waals surface area contributed by atoms with Gasteiger partial charge < -0.3 is 84.7 Å². The lowest BCUT2D eigenvalue weighted by atomic mass is 10.2. The first-order valence-corrected chi connectivity index (χ1v) is 4.31. The molecule has 2 aromatic carbocycles. The molecule has 102 valence electrons. The van der Waals surface area contributed by atoms with E-state index in [1.165, 1.54) is 10.8 Å². The summed E-state index contributed by atoms with van der Waals surface area (Å²) < 4.78 is 5.65. The van der Waals surface area contributed by atoms with Crippen molar-refractivity contribution >= 4 is 21.9 Å². The molecule has 0 saturated heterocycles. The molecule has 0 aliphatic rings. The number of halogens is 5. The predicted molar refractivity (Wildman–Crippen MR) is 53.7 cm³/mol. The highest BCUT2D eigenvalue weighted by Gasteiger charge is 2.03. The lowest BCUT2D eigenvalue weighted by Gasteiger charge is -1.85. The summed E-state index contributed by atoms with van der Waals surface area (Å²) in [4.78, 5) is 0. The van der Waals surface area contributed by atoms with E-state index in [0.29, 0.717) is 0 Å². The number of furan rings is 1. The molecule has 0 unspecified atom stereocenters.